The molecule has 0 atom stereocenters. The van der Waals surface area contributed by atoms with Gasteiger partial charge in [0.05, 0.1) is 0 Å². The molecule has 14 heavy (non-hydrogen) atoms. The molecular weight excluding hydrogens is 168 g/mol. The lowest BCUT2D eigenvalue weighted by Crippen LogP contribution is -1.78. The van der Waals surface area contributed by atoms with E-state index >= 15 is 0 Å². The largest absolute Gasteiger partial charge is 0.0656 e. The average molecular weight is 198 g/mol. The second-order valence-corrected chi connectivity index (χ2v) is 4.86. The first kappa shape index (κ1) is 14.0. The first-order chi connectivity index (χ1) is 6.81. The van der Waals surface area contributed by atoms with Crippen molar-refractivity contribution in [1.82, 2.24) is 0 Å². The van der Waals surface area contributed by atoms with Gasteiger partial charge in [-0.05, 0) is 5.92 Å². The Morgan fingerprint density at radius 2 is 1.00 bits per heavy atom. The van der Waals surface area contributed by atoms with Crippen LogP contribution in [0.3, 0.4) is 0 Å². The molecule has 0 bridgehead atoms. The molecule has 0 radical (unpaired) electrons. The lowest BCUT2D eigenvalue weighted by Gasteiger charge is -1.91. The lowest BCUT2D eigenvalue weighted by molar-refractivity contribution is 0.612. The van der Waals surface area contributed by atoms with E-state index in [-0.39, 0.29) is 0 Å². The van der Waals surface area contributed by atoms with Gasteiger partial charge in [-0.1, -0.05) is 85.0 Å². The molecule has 0 nitrogen and oxygen atoms in total. The maximum Gasteiger partial charge on any atom is -0.0443 e. The molecule has 0 aliphatic heterocycles. The fourth-order valence-corrected chi connectivity index (χ4v) is 2.01. The Morgan fingerprint density at radius 1 is 0.714 bits per heavy atom. The van der Waals surface area contributed by atoms with Gasteiger partial charge in [0.2, 0.25) is 0 Å². The molecule has 0 heterocycles. The highest BCUT2D eigenvalue weighted by atomic mass is 14.1. The minimum absolute atomic E-state index is 1.05. The molecule has 0 saturated heterocycles. The van der Waals surface area contributed by atoms with Crippen LogP contribution in [0.4, 0.5) is 0 Å². The third kappa shape index (κ3) is 10.1. The topological polar surface area (TPSA) is 0 Å². The van der Waals surface area contributed by atoms with Crippen molar-refractivity contribution < 1.29 is 0 Å². The standard InChI is InChI=1S/C6H12.C5H10.C3H8/c1-6-4-2-3-5-6;1-2-4-5-3-1;1-3-2/h6H,2-5H2,1H3;1-5H2;3H2,1-2H3. The minimum atomic E-state index is 1.05. The van der Waals surface area contributed by atoms with E-state index in [9.17, 15) is 0 Å². The van der Waals surface area contributed by atoms with Crippen molar-refractivity contribution in [1.29, 1.82) is 0 Å². The van der Waals surface area contributed by atoms with Crippen molar-refractivity contribution in [3.8, 4) is 0 Å². The Labute approximate surface area is 91.5 Å². The van der Waals surface area contributed by atoms with E-state index in [0.29, 0.717) is 0 Å². The molecule has 0 aromatic carbocycles. The van der Waals surface area contributed by atoms with Gasteiger partial charge >= 0.3 is 0 Å². The van der Waals surface area contributed by atoms with E-state index < -0.39 is 0 Å². The summed E-state index contributed by atoms with van der Waals surface area (Å²) in [7, 11) is 0. The van der Waals surface area contributed by atoms with E-state index in [0.717, 1.165) is 5.92 Å². The Balaban J connectivity index is 0.000000193. The molecule has 0 aromatic heterocycles. The maximum absolute atomic E-state index is 2.34. The van der Waals surface area contributed by atoms with Crippen molar-refractivity contribution in [2.45, 2.75) is 85.0 Å². The molecule has 2 saturated carbocycles. The summed E-state index contributed by atoms with van der Waals surface area (Å²) in [5.74, 6) is 1.05. The summed E-state index contributed by atoms with van der Waals surface area (Å²) in [5.41, 5.74) is 0. The van der Waals surface area contributed by atoms with Crippen LogP contribution in [-0.4, -0.2) is 0 Å². The molecule has 86 valence electrons. The smallest absolute Gasteiger partial charge is 0.0443 e. The van der Waals surface area contributed by atoms with Gasteiger partial charge in [0.15, 0.2) is 0 Å². The predicted octanol–water partition coefficient (Wildman–Crippen LogP) is 5.56. The van der Waals surface area contributed by atoms with Crippen LogP contribution in [0, 0.1) is 5.92 Å². The molecule has 2 rings (SSSR count). The normalized spacial score (nSPS) is 20.8. The van der Waals surface area contributed by atoms with Crippen LogP contribution < -0.4 is 0 Å². The van der Waals surface area contributed by atoms with Crippen molar-refractivity contribution in [2.24, 2.45) is 5.92 Å². The Hall–Kier alpha value is 0. The van der Waals surface area contributed by atoms with Gasteiger partial charge in [-0.3, -0.25) is 0 Å². The second kappa shape index (κ2) is 11.1. The zero-order valence-corrected chi connectivity index (χ0v) is 10.6. The summed E-state index contributed by atoms with van der Waals surface area (Å²) in [6, 6.07) is 0. The number of rotatable bonds is 0. The molecule has 0 amide bonds. The lowest BCUT2D eigenvalue weighted by atomic mass is 10.2. The van der Waals surface area contributed by atoms with Crippen molar-refractivity contribution in [3.05, 3.63) is 0 Å². The van der Waals surface area contributed by atoms with E-state index in [2.05, 4.69) is 20.8 Å². The van der Waals surface area contributed by atoms with E-state index in [1.54, 1.807) is 0 Å². The van der Waals surface area contributed by atoms with Gasteiger partial charge in [0.1, 0.15) is 0 Å². The van der Waals surface area contributed by atoms with Crippen LogP contribution in [0.5, 0.6) is 0 Å². The van der Waals surface area contributed by atoms with Crippen molar-refractivity contribution in [3.63, 3.8) is 0 Å². The van der Waals surface area contributed by atoms with Gasteiger partial charge in [-0.15, -0.1) is 0 Å². The summed E-state index contributed by atoms with van der Waals surface area (Å²) in [6.45, 7) is 6.59. The highest BCUT2D eigenvalue weighted by Gasteiger charge is 2.07. The van der Waals surface area contributed by atoms with Crippen LogP contribution >= 0.6 is 0 Å². The van der Waals surface area contributed by atoms with E-state index in [1.165, 1.54) is 64.2 Å². The first-order valence-electron chi connectivity index (χ1n) is 6.81. The molecule has 2 fully saturated rings. The van der Waals surface area contributed by atoms with Gasteiger partial charge in [-0.2, -0.15) is 0 Å². The molecule has 0 unspecified atom stereocenters. The fourth-order valence-electron chi connectivity index (χ4n) is 2.01. The van der Waals surface area contributed by atoms with E-state index in [1.807, 2.05) is 0 Å². The van der Waals surface area contributed by atoms with Crippen LogP contribution in [0.15, 0.2) is 0 Å². The summed E-state index contributed by atoms with van der Waals surface area (Å²) in [6.07, 6.45) is 14.7. The highest BCUT2D eigenvalue weighted by Crippen LogP contribution is 2.22. The van der Waals surface area contributed by atoms with Crippen molar-refractivity contribution >= 4 is 0 Å². The molecule has 0 N–H and O–H groups in total. The maximum atomic E-state index is 2.34. The Kier molecular flexibility index (Phi) is 11.1. The first-order valence-corrected chi connectivity index (χ1v) is 6.81. The summed E-state index contributed by atoms with van der Waals surface area (Å²) < 4.78 is 0. The number of hydrogen-bond donors (Lipinski definition) is 0. The van der Waals surface area contributed by atoms with Gasteiger partial charge in [0, 0.05) is 0 Å². The predicted molar refractivity (Wildman–Crippen MR) is 66.7 cm³/mol. The third-order valence-corrected chi connectivity index (χ3v) is 2.89. The van der Waals surface area contributed by atoms with Crippen LogP contribution in [-0.2, 0) is 0 Å². The zero-order chi connectivity index (χ0) is 10.6. The monoisotopic (exact) mass is 198 g/mol. The summed E-state index contributed by atoms with van der Waals surface area (Å²) >= 11 is 0. The van der Waals surface area contributed by atoms with Gasteiger partial charge < -0.3 is 0 Å². The quantitative estimate of drug-likeness (QED) is 0.478. The molecule has 0 spiro atoms. The Morgan fingerprint density at radius 3 is 1.14 bits per heavy atom. The summed E-state index contributed by atoms with van der Waals surface area (Å²) in [5, 5.41) is 0. The van der Waals surface area contributed by atoms with Crippen LogP contribution in [0.1, 0.15) is 85.0 Å². The second-order valence-electron chi connectivity index (χ2n) is 4.86. The van der Waals surface area contributed by atoms with Gasteiger partial charge in [-0.25, -0.2) is 0 Å². The summed E-state index contributed by atoms with van der Waals surface area (Å²) in [4.78, 5) is 0. The van der Waals surface area contributed by atoms with Crippen LogP contribution in [0.2, 0.25) is 0 Å². The number of hydrogen-bond acceptors (Lipinski definition) is 0. The zero-order valence-electron chi connectivity index (χ0n) is 10.6. The van der Waals surface area contributed by atoms with E-state index in [4.69, 9.17) is 0 Å². The average Bonchev–Trinajstić information content (AvgIpc) is 2.78. The van der Waals surface area contributed by atoms with Gasteiger partial charge in [0.25, 0.3) is 0 Å². The fraction of sp³-hybridized carbons (Fsp3) is 1.00. The Bertz CT molecular complexity index is 78.6. The SMILES string of the molecule is C1CCCC1.CC1CCCC1.CCC. The van der Waals surface area contributed by atoms with Crippen LogP contribution in [0.25, 0.3) is 0 Å². The molecule has 0 heteroatoms. The molecule has 2 aliphatic rings. The minimum Gasteiger partial charge on any atom is -0.0656 e. The van der Waals surface area contributed by atoms with Crippen molar-refractivity contribution in [2.75, 3.05) is 0 Å². The molecule has 0 aromatic rings. The molecule has 2 aliphatic carbocycles. The molecular formula is C14H30. The third-order valence-electron chi connectivity index (χ3n) is 2.89. The highest BCUT2D eigenvalue weighted by molar-refractivity contribution is 4.60.